The van der Waals surface area contributed by atoms with Gasteiger partial charge in [-0.05, 0) is 18.9 Å². The molecule has 0 amide bonds. The number of ether oxygens (including phenoxy) is 3. The molecular formula is C24H24F2N6O4. The van der Waals surface area contributed by atoms with E-state index in [2.05, 4.69) is 20.3 Å². The number of nitrogens with one attached hydrogen (secondary N) is 4. The molecule has 1 aromatic carbocycles. The van der Waals surface area contributed by atoms with Gasteiger partial charge in [-0.3, -0.25) is 10.8 Å². The summed E-state index contributed by atoms with van der Waals surface area (Å²) in [6, 6.07) is 3.61. The Kier molecular flexibility index (Phi) is 6.04. The van der Waals surface area contributed by atoms with Crippen molar-refractivity contribution in [1.82, 2.24) is 9.97 Å². The summed E-state index contributed by atoms with van der Waals surface area (Å²) in [4.78, 5) is 11.2. The SMILES string of the molecule is CC1(CO)CN=C(Nc2cc(F)c(Oc3ccnc4[nH]cc(C(=N)OC(=N)C5CC5)c34)c(F)c2)OC1. The molecule has 0 radical (unpaired) electrons. The first kappa shape index (κ1) is 23.7. The summed E-state index contributed by atoms with van der Waals surface area (Å²) in [5.74, 6) is -2.79. The second-order valence-electron chi connectivity index (χ2n) is 9.18. The Morgan fingerprint density at radius 3 is 2.69 bits per heavy atom. The van der Waals surface area contributed by atoms with Gasteiger partial charge in [-0.1, -0.05) is 6.92 Å². The first-order valence-electron chi connectivity index (χ1n) is 11.3. The van der Waals surface area contributed by atoms with Crippen molar-refractivity contribution in [1.29, 1.82) is 10.8 Å². The van der Waals surface area contributed by atoms with Gasteiger partial charge in [-0.15, -0.1) is 0 Å². The molecule has 2 aromatic heterocycles. The molecule has 12 heteroatoms. The van der Waals surface area contributed by atoms with Crippen LogP contribution < -0.4 is 10.1 Å². The summed E-state index contributed by atoms with van der Waals surface area (Å²) in [5.41, 5.74) is 0.140. The highest BCUT2D eigenvalue weighted by atomic mass is 19.1. The van der Waals surface area contributed by atoms with Crippen LogP contribution in [0, 0.1) is 33.8 Å². The number of aliphatic imine (C=N–C) groups is 1. The molecule has 188 valence electrons. The minimum absolute atomic E-state index is 0.00780. The lowest BCUT2D eigenvalue weighted by atomic mass is 9.93. The highest BCUT2D eigenvalue weighted by Crippen LogP contribution is 2.36. The second kappa shape index (κ2) is 9.19. The Hall–Kier alpha value is -4.06. The van der Waals surface area contributed by atoms with Crippen LogP contribution >= 0.6 is 0 Å². The standard InChI is InChI=1S/C24H24F2N6O4/c1-24(10-33)9-31-23(34-11-24)32-13-6-15(25)19(16(26)7-13)35-17-4-5-29-22-18(17)14(8-30-22)21(28)36-20(27)12-2-3-12/h4-8,12,27-28,33H,2-3,9-11H2,1H3,(H,29,30)(H,31,32). The predicted octanol–water partition coefficient (Wildman–Crippen LogP) is 4.16. The zero-order valence-corrected chi connectivity index (χ0v) is 19.3. The number of aromatic nitrogens is 2. The molecule has 1 aliphatic heterocycles. The summed E-state index contributed by atoms with van der Waals surface area (Å²) >= 11 is 0. The molecule has 5 N–H and O–H groups in total. The van der Waals surface area contributed by atoms with Gasteiger partial charge in [0.15, 0.2) is 23.3 Å². The van der Waals surface area contributed by atoms with Crippen molar-refractivity contribution in [2.24, 2.45) is 16.3 Å². The van der Waals surface area contributed by atoms with E-state index in [1.165, 1.54) is 18.5 Å². The van der Waals surface area contributed by atoms with Crippen LogP contribution in [0.25, 0.3) is 11.0 Å². The Morgan fingerprint density at radius 1 is 1.31 bits per heavy atom. The van der Waals surface area contributed by atoms with Crippen LogP contribution in [-0.4, -0.2) is 52.7 Å². The van der Waals surface area contributed by atoms with E-state index < -0.39 is 22.8 Å². The van der Waals surface area contributed by atoms with Crippen LogP contribution in [0.2, 0.25) is 0 Å². The zero-order valence-electron chi connectivity index (χ0n) is 19.3. The Bertz CT molecular complexity index is 1360. The summed E-state index contributed by atoms with van der Waals surface area (Å²) in [6.45, 7) is 2.22. The molecule has 5 rings (SSSR count). The third-order valence-corrected chi connectivity index (χ3v) is 5.95. The predicted molar refractivity (Wildman–Crippen MR) is 128 cm³/mol. The normalized spacial score (nSPS) is 19.4. The number of aliphatic hydroxyl groups excluding tert-OH is 1. The molecule has 3 aromatic rings. The van der Waals surface area contributed by atoms with Gasteiger partial charge in [0, 0.05) is 41.5 Å². The van der Waals surface area contributed by atoms with Crippen LogP contribution in [0.5, 0.6) is 11.5 Å². The topological polar surface area (TPSA) is 149 Å². The molecule has 36 heavy (non-hydrogen) atoms. The number of hydrogen-bond donors (Lipinski definition) is 5. The number of hydrogen-bond acceptors (Lipinski definition) is 9. The highest BCUT2D eigenvalue weighted by molar-refractivity contribution is 6.10. The minimum Gasteiger partial charge on any atom is -0.464 e. The van der Waals surface area contributed by atoms with E-state index >= 15 is 0 Å². The molecule has 1 fully saturated rings. The van der Waals surface area contributed by atoms with Crippen molar-refractivity contribution in [2.75, 3.05) is 25.1 Å². The van der Waals surface area contributed by atoms with Gasteiger partial charge in [0.2, 0.25) is 5.90 Å². The summed E-state index contributed by atoms with van der Waals surface area (Å²) in [7, 11) is 0. The molecule has 2 aliphatic rings. The third kappa shape index (κ3) is 4.71. The highest BCUT2D eigenvalue weighted by Gasteiger charge is 2.31. The van der Waals surface area contributed by atoms with E-state index in [4.69, 9.17) is 25.0 Å². The Labute approximate surface area is 204 Å². The zero-order chi connectivity index (χ0) is 25.4. The van der Waals surface area contributed by atoms with Crippen LogP contribution in [0.1, 0.15) is 25.3 Å². The van der Waals surface area contributed by atoms with Crippen LogP contribution in [0.4, 0.5) is 14.5 Å². The number of halogens is 2. The fourth-order valence-electron chi connectivity index (χ4n) is 3.62. The molecule has 0 bridgehead atoms. The number of nitrogens with zero attached hydrogens (tertiary/aromatic N) is 2. The average Bonchev–Trinajstić information content (AvgIpc) is 3.62. The lowest BCUT2D eigenvalue weighted by molar-refractivity contribution is 0.0706. The fourth-order valence-corrected chi connectivity index (χ4v) is 3.62. The second-order valence-corrected chi connectivity index (χ2v) is 9.18. The van der Waals surface area contributed by atoms with Crippen molar-refractivity contribution in [3.8, 4) is 11.5 Å². The number of H-pyrrole nitrogens is 1. The molecule has 1 aliphatic carbocycles. The first-order chi connectivity index (χ1) is 17.3. The monoisotopic (exact) mass is 498 g/mol. The molecule has 1 saturated carbocycles. The molecule has 0 saturated heterocycles. The molecule has 1 atom stereocenters. The van der Waals surface area contributed by atoms with Gasteiger partial charge in [0.05, 0.1) is 24.1 Å². The number of aliphatic hydroxyl groups is 1. The molecule has 10 nitrogen and oxygen atoms in total. The molecule has 1 unspecified atom stereocenters. The van der Waals surface area contributed by atoms with E-state index in [-0.39, 0.29) is 53.9 Å². The maximum atomic E-state index is 14.9. The van der Waals surface area contributed by atoms with E-state index in [9.17, 15) is 13.9 Å². The lowest BCUT2D eigenvalue weighted by Gasteiger charge is -2.30. The number of pyridine rings is 1. The molecule has 3 heterocycles. The lowest BCUT2D eigenvalue weighted by Crippen LogP contribution is -2.38. The van der Waals surface area contributed by atoms with Crippen molar-refractivity contribution in [2.45, 2.75) is 19.8 Å². The van der Waals surface area contributed by atoms with Crippen LogP contribution in [-0.2, 0) is 9.47 Å². The van der Waals surface area contributed by atoms with Crippen molar-refractivity contribution in [3.05, 3.63) is 47.8 Å². The van der Waals surface area contributed by atoms with Crippen LogP contribution in [0.15, 0.2) is 35.6 Å². The fraction of sp³-hybridized carbons (Fsp3) is 0.333. The van der Waals surface area contributed by atoms with Crippen molar-refractivity contribution >= 4 is 34.5 Å². The van der Waals surface area contributed by atoms with Crippen LogP contribution in [0.3, 0.4) is 0 Å². The van der Waals surface area contributed by atoms with E-state index in [0.717, 1.165) is 25.0 Å². The minimum atomic E-state index is -0.974. The Morgan fingerprint density at radius 2 is 2.06 bits per heavy atom. The Balaban J connectivity index is 1.38. The number of amidine groups is 1. The van der Waals surface area contributed by atoms with Gasteiger partial charge >= 0.3 is 0 Å². The van der Waals surface area contributed by atoms with Gasteiger partial charge in [0.1, 0.15) is 18.0 Å². The number of fused-ring (bicyclic) bond motifs is 1. The maximum absolute atomic E-state index is 14.9. The number of anilines is 1. The van der Waals surface area contributed by atoms with Gasteiger partial charge < -0.3 is 29.6 Å². The van der Waals surface area contributed by atoms with E-state index in [1.807, 2.05) is 6.92 Å². The van der Waals surface area contributed by atoms with Gasteiger partial charge in [-0.2, -0.15) is 0 Å². The number of aromatic amines is 1. The average molecular weight is 498 g/mol. The van der Waals surface area contributed by atoms with Crippen molar-refractivity contribution < 1.29 is 28.1 Å². The van der Waals surface area contributed by atoms with E-state index in [1.54, 1.807) is 0 Å². The maximum Gasteiger partial charge on any atom is 0.289 e. The largest absolute Gasteiger partial charge is 0.464 e. The number of rotatable bonds is 6. The molecule has 0 spiro atoms. The summed E-state index contributed by atoms with van der Waals surface area (Å²) < 4.78 is 46.3. The molecular weight excluding hydrogens is 474 g/mol. The first-order valence-corrected chi connectivity index (χ1v) is 11.3. The smallest absolute Gasteiger partial charge is 0.289 e. The third-order valence-electron chi connectivity index (χ3n) is 5.95. The van der Waals surface area contributed by atoms with Gasteiger partial charge in [-0.25, -0.2) is 18.8 Å². The summed E-state index contributed by atoms with van der Waals surface area (Å²) in [5, 5.41) is 28.6. The summed E-state index contributed by atoms with van der Waals surface area (Å²) in [6.07, 6.45) is 4.57. The van der Waals surface area contributed by atoms with E-state index in [0.29, 0.717) is 17.6 Å². The number of benzene rings is 1. The van der Waals surface area contributed by atoms with Crippen molar-refractivity contribution in [3.63, 3.8) is 0 Å². The quantitative estimate of drug-likeness (QED) is 0.255. The van der Waals surface area contributed by atoms with Gasteiger partial charge in [0.25, 0.3) is 6.02 Å².